The van der Waals surface area contributed by atoms with Gasteiger partial charge in [-0.05, 0) is 33.6 Å². The van der Waals surface area contributed by atoms with Crippen LogP contribution in [0.25, 0.3) is 0 Å². The van der Waals surface area contributed by atoms with E-state index in [0.717, 1.165) is 25.7 Å². The predicted octanol–water partition coefficient (Wildman–Crippen LogP) is 1.96. The van der Waals surface area contributed by atoms with E-state index in [-0.39, 0.29) is 18.0 Å². The standard InChI is InChI=1S/C13H24N2O3/c1-9(16)14-10-7-5-6-8-11(10)15-12(17)18-13(2,3)4/h10-11H,5-8H2,1-4H3,(H,14,16)(H,15,17)/t10-,11+/m1/s1. The van der Waals surface area contributed by atoms with Gasteiger partial charge in [0, 0.05) is 13.0 Å². The molecule has 0 saturated heterocycles. The van der Waals surface area contributed by atoms with Gasteiger partial charge in [-0.3, -0.25) is 4.79 Å². The van der Waals surface area contributed by atoms with Crippen LogP contribution in [0.3, 0.4) is 0 Å². The third kappa shape index (κ3) is 5.38. The van der Waals surface area contributed by atoms with Gasteiger partial charge in [0.15, 0.2) is 0 Å². The summed E-state index contributed by atoms with van der Waals surface area (Å²) in [7, 11) is 0. The Labute approximate surface area is 109 Å². The fraction of sp³-hybridized carbons (Fsp3) is 0.846. The van der Waals surface area contributed by atoms with Gasteiger partial charge in [0.05, 0.1) is 6.04 Å². The van der Waals surface area contributed by atoms with E-state index in [1.165, 1.54) is 6.92 Å². The minimum absolute atomic E-state index is 0.0174. The minimum atomic E-state index is -0.498. The lowest BCUT2D eigenvalue weighted by molar-refractivity contribution is -0.120. The van der Waals surface area contributed by atoms with E-state index in [0.29, 0.717) is 0 Å². The minimum Gasteiger partial charge on any atom is -0.444 e. The lowest BCUT2D eigenvalue weighted by Crippen LogP contribution is -2.53. The molecule has 104 valence electrons. The van der Waals surface area contributed by atoms with E-state index in [1.54, 1.807) is 0 Å². The second-order valence-electron chi connectivity index (χ2n) is 5.84. The van der Waals surface area contributed by atoms with Gasteiger partial charge >= 0.3 is 6.09 Å². The molecule has 2 amide bonds. The zero-order chi connectivity index (χ0) is 13.8. The molecule has 1 fully saturated rings. The number of alkyl carbamates (subject to hydrolysis) is 1. The van der Waals surface area contributed by atoms with Crippen molar-refractivity contribution in [1.82, 2.24) is 10.6 Å². The third-order valence-electron chi connectivity index (χ3n) is 2.86. The molecule has 5 nitrogen and oxygen atoms in total. The second kappa shape index (κ2) is 6.07. The molecule has 1 aliphatic carbocycles. The fourth-order valence-electron chi connectivity index (χ4n) is 2.20. The summed E-state index contributed by atoms with van der Waals surface area (Å²) in [6.07, 6.45) is 3.52. The summed E-state index contributed by atoms with van der Waals surface area (Å²) in [5, 5.41) is 5.75. The molecule has 0 aromatic heterocycles. The molecule has 0 bridgehead atoms. The summed E-state index contributed by atoms with van der Waals surface area (Å²) in [5.74, 6) is -0.0575. The van der Waals surface area contributed by atoms with Gasteiger partial charge in [0.1, 0.15) is 5.60 Å². The number of amides is 2. The van der Waals surface area contributed by atoms with E-state index < -0.39 is 11.7 Å². The molecule has 1 saturated carbocycles. The normalized spacial score (nSPS) is 24.2. The van der Waals surface area contributed by atoms with Crippen LogP contribution in [0.5, 0.6) is 0 Å². The second-order valence-corrected chi connectivity index (χ2v) is 5.84. The van der Waals surface area contributed by atoms with Crippen LogP contribution in [0.4, 0.5) is 4.79 Å². The first-order valence-electron chi connectivity index (χ1n) is 6.54. The zero-order valence-electron chi connectivity index (χ0n) is 11.7. The molecule has 2 N–H and O–H groups in total. The van der Waals surface area contributed by atoms with Crippen molar-refractivity contribution in [2.75, 3.05) is 0 Å². The highest BCUT2D eigenvalue weighted by Gasteiger charge is 2.28. The molecule has 0 radical (unpaired) electrons. The SMILES string of the molecule is CC(=O)N[C@@H]1CCCC[C@@H]1NC(=O)OC(C)(C)C. The molecule has 1 rings (SSSR count). The number of nitrogens with one attached hydrogen (secondary N) is 2. The maximum Gasteiger partial charge on any atom is 0.407 e. The molecule has 0 aliphatic heterocycles. The van der Waals surface area contributed by atoms with Crippen molar-refractivity contribution < 1.29 is 14.3 Å². The number of rotatable bonds is 2. The lowest BCUT2D eigenvalue weighted by atomic mass is 9.90. The number of ether oxygens (including phenoxy) is 1. The first-order chi connectivity index (χ1) is 8.28. The maximum atomic E-state index is 11.7. The van der Waals surface area contributed by atoms with Gasteiger partial charge in [-0.1, -0.05) is 12.8 Å². The lowest BCUT2D eigenvalue weighted by Gasteiger charge is -2.33. The van der Waals surface area contributed by atoms with Crippen LogP contribution in [0, 0.1) is 0 Å². The molecular formula is C13H24N2O3. The summed E-state index contributed by atoms with van der Waals surface area (Å²) >= 11 is 0. The quantitative estimate of drug-likeness (QED) is 0.793. The molecule has 0 heterocycles. The number of hydrogen-bond acceptors (Lipinski definition) is 3. The first-order valence-corrected chi connectivity index (χ1v) is 6.54. The van der Waals surface area contributed by atoms with Crippen molar-refractivity contribution >= 4 is 12.0 Å². The summed E-state index contributed by atoms with van der Waals surface area (Å²) in [5.41, 5.74) is -0.498. The van der Waals surface area contributed by atoms with Crippen LogP contribution in [0.15, 0.2) is 0 Å². The van der Waals surface area contributed by atoms with E-state index in [1.807, 2.05) is 20.8 Å². The topological polar surface area (TPSA) is 67.4 Å². The Hall–Kier alpha value is -1.26. The summed E-state index contributed by atoms with van der Waals surface area (Å²) < 4.78 is 5.23. The predicted molar refractivity (Wildman–Crippen MR) is 69.2 cm³/mol. The summed E-state index contributed by atoms with van der Waals surface area (Å²) in [6, 6.07) is -0.0127. The Morgan fingerprint density at radius 3 is 2.00 bits per heavy atom. The molecule has 0 aromatic carbocycles. The van der Waals surface area contributed by atoms with Crippen molar-refractivity contribution in [2.45, 2.75) is 71.1 Å². The molecule has 2 atom stereocenters. The Kier molecular flexibility index (Phi) is 4.99. The molecule has 0 aromatic rings. The van der Waals surface area contributed by atoms with Gasteiger partial charge in [-0.2, -0.15) is 0 Å². The summed E-state index contributed by atoms with van der Waals surface area (Å²) in [4.78, 5) is 22.8. The van der Waals surface area contributed by atoms with Crippen LogP contribution in [0.2, 0.25) is 0 Å². The monoisotopic (exact) mass is 256 g/mol. The van der Waals surface area contributed by atoms with E-state index >= 15 is 0 Å². The van der Waals surface area contributed by atoms with Crippen molar-refractivity contribution in [3.8, 4) is 0 Å². The van der Waals surface area contributed by atoms with E-state index in [2.05, 4.69) is 10.6 Å². The highest BCUT2D eigenvalue weighted by atomic mass is 16.6. The fourth-order valence-corrected chi connectivity index (χ4v) is 2.20. The molecular weight excluding hydrogens is 232 g/mol. The number of carbonyl (C=O) groups excluding carboxylic acids is 2. The highest BCUT2D eigenvalue weighted by molar-refractivity contribution is 5.73. The molecule has 18 heavy (non-hydrogen) atoms. The zero-order valence-corrected chi connectivity index (χ0v) is 11.7. The smallest absolute Gasteiger partial charge is 0.407 e. The van der Waals surface area contributed by atoms with Gasteiger partial charge < -0.3 is 15.4 Å². The number of carbonyl (C=O) groups is 2. The molecule has 1 aliphatic rings. The van der Waals surface area contributed by atoms with Crippen molar-refractivity contribution in [2.24, 2.45) is 0 Å². The van der Waals surface area contributed by atoms with Gasteiger partial charge in [-0.15, -0.1) is 0 Å². The maximum absolute atomic E-state index is 11.7. The Balaban J connectivity index is 2.51. The van der Waals surface area contributed by atoms with Crippen LogP contribution >= 0.6 is 0 Å². The van der Waals surface area contributed by atoms with E-state index in [4.69, 9.17) is 4.74 Å². The van der Waals surface area contributed by atoms with Gasteiger partial charge in [0.2, 0.25) is 5.91 Å². The van der Waals surface area contributed by atoms with Crippen molar-refractivity contribution in [1.29, 1.82) is 0 Å². The average Bonchev–Trinajstić information content (AvgIpc) is 2.17. The Morgan fingerprint density at radius 2 is 1.56 bits per heavy atom. The van der Waals surface area contributed by atoms with Crippen LogP contribution in [-0.2, 0) is 9.53 Å². The average molecular weight is 256 g/mol. The molecule has 0 unspecified atom stereocenters. The largest absolute Gasteiger partial charge is 0.444 e. The van der Waals surface area contributed by atoms with E-state index in [9.17, 15) is 9.59 Å². The molecule has 0 spiro atoms. The summed E-state index contributed by atoms with van der Waals surface area (Å²) in [6.45, 7) is 7.00. The highest BCUT2D eigenvalue weighted by Crippen LogP contribution is 2.19. The number of hydrogen-bond donors (Lipinski definition) is 2. The third-order valence-corrected chi connectivity index (χ3v) is 2.86. The van der Waals surface area contributed by atoms with Crippen LogP contribution in [-0.4, -0.2) is 29.7 Å². The van der Waals surface area contributed by atoms with Crippen LogP contribution < -0.4 is 10.6 Å². The van der Waals surface area contributed by atoms with Crippen molar-refractivity contribution in [3.05, 3.63) is 0 Å². The van der Waals surface area contributed by atoms with Crippen LogP contribution in [0.1, 0.15) is 53.4 Å². The Bertz CT molecular complexity index is 310. The van der Waals surface area contributed by atoms with Crippen molar-refractivity contribution in [3.63, 3.8) is 0 Å². The Morgan fingerprint density at radius 1 is 1.06 bits per heavy atom. The van der Waals surface area contributed by atoms with Gasteiger partial charge in [0.25, 0.3) is 0 Å². The van der Waals surface area contributed by atoms with Gasteiger partial charge in [-0.25, -0.2) is 4.79 Å². The molecule has 5 heteroatoms. The first kappa shape index (κ1) is 14.8.